The normalized spacial score (nSPS) is 12.1. The Bertz CT molecular complexity index is 746. The first-order valence-corrected chi connectivity index (χ1v) is 7.75. The average Bonchev–Trinajstić information content (AvgIpc) is 2.89. The highest BCUT2D eigenvalue weighted by Gasteiger charge is 2.16. The van der Waals surface area contributed by atoms with Crippen LogP contribution in [0.2, 0.25) is 0 Å². The first kappa shape index (κ1) is 16.2. The van der Waals surface area contributed by atoms with Gasteiger partial charge in [-0.2, -0.15) is 0 Å². The van der Waals surface area contributed by atoms with Gasteiger partial charge in [0, 0.05) is 33.0 Å². The Morgan fingerprint density at radius 1 is 1.36 bits per heavy atom. The number of aldehydes is 1. The molecule has 2 aromatic rings. The van der Waals surface area contributed by atoms with Crippen molar-refractivity contribution in [2.75, 3.05) is 26.0 Å². The molecule has 0 amide bonds. The maximum atomic E-state index is 11.4. The molecule has 0 saturated carbocycles. The molecular formula is C16H20N4OS. The predicted octanol–water partition coefficient (Wildman–Crippen LogP) is 3.69. The quantitative estimate of drug-likeness (QED) is 0.479. The van der Waals surface area contributed by atoms with Gasteiger partial charge in [0.2, 0.25) is 0 Å². The van der Waals surface area contributed by atoms with Crippen LogP contribution < -0.4 is 4.90 Å². The molecule has 22 heavy (non-hydrogen) atoms. The summed E-state index contributed by atoms with van der Waals surface area (Å²) in [5, 5.41) is 0.919. The molecule has 0 fully saturated rings. The lowest BCUT2D eigenvalue weighted by Gasteiger charge is -2.15. The van der Waals surface area contributed by atoms with Crippen LogP contribution in [0.4, 0.5) is 11.4 Å². The number of hydrogen-bond donors (Lipinski definition) is 0. The van der Waals surface area contributed by atoms with Gasteiger partial charge >= 0.3 is 0 Å². The van der Waals surface area contributed by atoms with Gasteiger partial charge in [-0.05, 0) is 19.9 Å². The number of aliphatic imine (C=N–C) groups is 1. The molecule has 0 N–H and O–H groups in total. The van der Waals surface area contributed by atoms with E-state index in [2.05, 4.69) is 9.98 Å². The van der Waals surface area contributed by atoms with Crippen LogP contribution in [-0.2, 0) is 0 Å². The fourth-order valence-corrected chi connectivity index (χ4v) is 2.95. The summed E-state index contributed by atoms with van der Waals surface area (Å²) in [6.07, 6.45) is 6.34. The van der Waals surface area contributed by atoms with Crippen molar-refractivity contribution in [3.05, 3.63) is 28.9 Å². The second kappa shape index (κ2) is 6.70. The third-order valence-electron chi connectivity index (χ3n) is 3.49. The molecule has 0 unspecified atom stereocenters. The molecule has 2 heterocycles. The lowest BCUT2D eigenvalue weighted by Crippen LogP contribution is -2.12. The Balaban J connectivity index is 2.61. The number of rotatable bonds is 5. The Kier molecular flexibility index (Phi) is 4.92. The second-order valence-electron chi connectivity index (χ2n) is 5.12. The third kappa shape index (κ3) is 3.01. The van der Waals surface area contributed by atoms with Crippen LogP contribution in [-0.4, -0.2) is 43.7 Å². The van der Waals surface area contributed by atoms with E-state index in [0.29, 0.717) is 10.6 Å². The molecule has 0 atom stereocenters. The number of anilines is 1. The van der Waals surface area contributed by atoms with Crippen LogP contribution in [0.25, 0.3) is 10.2 Å². The molecular weight excluding hydrogens is 296 g/mol. The summed E-state index contributed by atoms with van der Waals surface area (Å²) < 4.78 is 0. The van der Waals surface area contributed by atoms with E-state index in [-0.39, 0.29) is 0 Å². The molecule has 0 saturated heterocycles. The fraction of sp³-hybridized carbons (Fsp3) is 0.312. The van der Waals surface area contributed by atoms with Crippen molar-refractivity contribution < 1.29 is 4.79 Å². The maximum absolute atomic E-state index is 11.4. The molecule has 0 aromatic carbocycles. The van der Waals surface area contributed by atoms with E-state index in [1.54, 1.807) is 12.5 Å². The number of nitrogens with zero attached hydrogens (tertiary/aromatic N) is 4. The van der Waals surface area contributed by atoms with Crippen molar-refractivity contribution >= 4 is 45.6 Å². The number of carbonyl (C=O) groups excluding carboxylic acids is 1. The minimum absolute atomic E-state index is 0.597. The van der Waals surface area contributed by atoms with Crippen molar-refractivity contribution in [1.29, 1.82) is 0 Å². The minimum Gasteiger partial charge on any atom is -0.377 e. The molecule has 0 spiro atoms. The van der Waals surface area contributed by atoms with Gasteiger partial charge in [-0.25, -0.2) is 9.98 Å². The van der Waals surface area contributed by atoms with Crippen molar-refractivity contribution in [1.82, 2.24) is 9.88 Å². The summed E-state index contributed by atoms with van der Waals surface area (Å²) in [6.45, 7) is 3.98. The summed E-state index contributed by atoms with van der Waals surface area (Å²) >= 11 is 1.37. The van der Waals surface area contributed by atoms with Crippen molar-refractivity contribution in [2.45, 2.75) is 13.8 Å². The maximum Gasteiger partial charge on any atom is 0.162 e. The van der Waals surface area contributed by atoms with Gasteiger partial charge in [0.15, 0.2) is 6.29 Å². The van der Waals surface area contributed by atoms with Gasteiger partial charge in [0.05, 0.1) is 28.0 Å². The zero-order valence-corrected chi connectivity index (χ0v) is 14.3. The zero-order valence-electron chi connectivity index (χ0n) is 13.5. The molecule has 0 aliphatic carbocycles. The van der Waals surface area contributed by atoms with Crippen LogP contribution >= 0.6 is 11.3 Å². The Hall–Kier alpha value is -2.21. The van der Waals surface area contributed by atoms with Gasteiger partial charge in [-0.3, -0.25) is 4.79 Å². The number of pyridine rings is 1. The Labute approximate surface area is 134 Å². The highest BCUT2D eigenvalue weighted by Crippen LogP contribution is 2.40. The molecule has 2 aromatic heterocycles. The smallest absolute Gasteiger partial charge is 0.162 e. The number of hydrogen-bond acceptors (Lipinski definition) is 5. The number of aromatic nitrogens is 1. The van der Waals surface area contributed by atoms with Crippen LogP contribution in [0.15, 0.2) is 29.0 Å². The van der Waals surface area contributed by atoms with Crippen LogP contribution in [0.5, 0.6) is 0 Å². The van der Waals surface area contributed by atoms with E-state index in [0.717, 1.165) is 27.9 Å². The molecule has 0 aliphatic rings. The molecule has 0 aliphatic heterocycles. The second-order valence-corrected chi connectivity index (χ2v) is 6.15. The summed E-state index contributed by atoms with van der Waals surface area (Å²) in [5.41, 5.74) is 2.77. The number of carbonyl (C=O) groups is 1. The number of allylic oxidation sites excluding steroid dienone is 2. The molecule has 0 bridgehead atoms. The fourth-order valence-electron chi connectivity index (χ4n) is 2.03. The summed E-state index contributed by atoms with van der Waals surface area (Å²) in [6, 6.07) is 1.93. The SMILES string of the molecule is C/C=C(\C)N(C)C=Nc1c(C=O)sc2nccc(N(C)C)c12. The highest BCUT2D eigenvalue weighted by molar-refractivity contribution is 7.21. The molecule has 6 heteroatoms. The molecule has 5 nitrogen and oxygen atoms in total. The third-order valence-corrected chi connectivity index (χ3v) is 4.51. The lowest BCUT2D eigenvalue weighted by molar-refractivity contribution is 0.112. The van der Waals surface area contributed by atoms with E-state index < -0.39 is 0 Å². The van der Waals surface area contributed by atoms with Crippen molar-refractivity contribution in [2.24, 2.45) is 4.99 Å². The van der Waals surface area contributed by atoms with E-state index in [4.69, 9.17) is 0 Å². The Morgan fingerprint density at radius 3 is 2.68 bits per heavy atom. The standard InChI is InChI=1S/C16H20N4OS/c1-6-11(2)20(5)10-18-15-13(9-21)22-16-14(15)12(19(3)4)7-8-17-16/h6-10H,1-5H3/b11-6+,18-10?. The predicted molar refractivity (Wildman–Crippen MR) is 94.7 cm³/mol. The van der Waals surface area contributed by atoms with E-state index in [1.807, 2.05) is 56.9 Å². The van der Waals surface area contributed by atoms with Gasteiger partial charge in [0.25, 0.3) is 0 Å². The lowest BCUT2D eigenvalue weighted by atomic mass is 10.2. The van der Waals surface area contributed by atoms with Gasteiger partial charge in [-0.15, -0.1) is 11.3 Å². The van der Waals surface area contributed by atoms with Crippen LogP contribution in [0, 0.1) is 0 Å². The minimum atomic E-state index is 0.597. The first-order valence-electron chi connectivity index (χ1n) is 6.93. The van der Waals surface area contributed by atoms with E-state index in [9.17, 15) is 4.79 Å². The first-order chi connectivity index (χ1) is 10.5. The molecule has 2 rings (SSSR count). The topological polar surface area (TPSA) is 48.8 Å². The average molecular weight is 316 g/mol. The molecule has 0 radical (unpaired) electrons. The van der Waals surface area contributed by atoms with Crippen molar-refractivity contribution in [3.8, 4) is 0 Å². The van der Waals surface area contributed by atoms with E-state index >= 15 is 0 Å². The van der Waals surface area contributed by atoms with Crippen LogP contribution in [0.1, 0.15) is 23.5 Å². The monoisotopic (exact) mass is 316 g/mol. The van der Waals surface area contributed by atoms with Gasteiger partial charge in [-0.1, -0.05) is 6.08 Å². The van der Waals surface area contributed by atoms with Gasteiger partial charge < -0.3 is 9.80 Å². The summed E-state index contributed by atoms with van der Waals surface area (Å²) in [4.78, 5) is 25.6. The van der Waals surface area contributed by atoms with Crippen LogP contribution in [0.3, 0.4) is 0 Å². The number of thiophene rings is 1. The highest BCUT2D eigenvalue weighted by atomic mass is 32.1. The Morgan fingerprint density at radius 2 is 2.09 bits per heavy atom. The number of fused-ring (bicyclic) bond motifs is 1. The largest absolute Gasteiger partial charge is 0.377 e. The van der Waals surface area contributed by atoms with E-state index in [1.165, 1.54) is 11.3 Å². The van der Waals surface area contributed by atoms with Gasteiger partial charge in [0.1, 0.15) is 4.83 Å². The summed E-state index contributed by atoms with van der Waals surface area (Å²) in [7, 11) is 5.87. The van der Waals surface area contributed by atoms with Crippen molar-refractivity contribution in [3.63, 3.8) is 0 Å². The summed E-state index contributed by atoms with van der Waals surface area (Å²) in [5.74, 6) is 0. The molecule has 116 valence electrons. The zero-order chi connectivity index (χ0) is 16.3.